The molecule has 3 nitrogen and oxygen atoms in total. The van der Waals surface area contributed by atoms with Gasteiger partial charge in [0.2, 0.25) is 0 Å². The molecule has 0 aromatic carbocycles. The maximum absolute atomic E-state index is 3.97. The molecule has 0 aromatic rings. The second kappa shape index (κ2) is 1.95. The van der Waals surface area contributed by atoms with Crippen LogP contribution in [0.2, 0.25) is 0 Å². The fourth-order valence-corrected chi connectivity index (χ4v) is 1.13. The number of nitrogens with zero attached hydrogens (tertiary/aromatic N) is 2. The SMILES string of the molecule is CC1C=C2C=CN=CN2N1. The summed E-state index contributed by atoms with van der Waals surface area (Å²) >= 11 is 0. The van der Waals surface area contributed by atoms with Crippen molar-refractivity contribution >= 4 is 6.34 Å². The monoisotopic (exact) mass is 135 g/mol. The molecule has 2 aliphatic rings. The van der Waals surface area contributed by atoms with E-state index in [1.54, 1.807) is 12.5 Å². The molecule has 2 aliphatic heterocycles. The molecule has 0 saturated heterocycles. The van der Waals surface area contributed by atoms with Crippen LogP contribution in [0.5, 0.6) is 0 Å². The van der Waals surface area contributed by atoms with E-state index in [1.165, 1.54) is 5.70 Å². The molecular weight excluding hydrogens is 126 g/mol. The molecule has 1 N–H and O–H groups in total. The average molecular weight is 135 g/mol. The zero-order chi connectivity index (χ0) is 6.97. The fourth-order valence-electron chi connectivity index (χ4n) is 1.13. The van der Waals surface area contributed by atoms with Gasteiger partial charge in [0.15, 0.2) is 0 Å². The van der Waals surface area contributed by atoms with Gasteiger partial charge in [0.1, 0.15) is 6.34 Å². The van der Waals surface area contributed by atoms with Gasteiger partial charge in [-0.2, -0.15) is 0 Å². The number of nitrogens with one attached hydrogen (secondary N) is 1. The van der Waals surface area contributed by atoms with Gasteiger partial charge in [-0.25, -0.2) is 10.4 Å². The van der Waals surface area contributed by atoms with Gasteiger partial charge in [0.25, 0.3) is 0 Å². The van der Waals surface area contributed by atoms with E-state index < -0.39 is 0 Å². The Morgan fingerprint density at radius 2 is 2.60 bits per heavy atom. The van der Waals surface area contributed by atoms with Crippen molar-refractivity contribution in [3.63, 3.8) is 0 Å². The highest BCUT2D eigenvalue weighted by molar-refractivity contribution is 5.62. The minimum absolute atomic E-state index is 0.421. The summed E-state index contributed by atoms with van der Waals surface area (Å²) < 4.78 is 0. The normalized spacial score (nSPS) is 28.7. The summed E-state index contributed by atoms with van der Waals surface area (Å²) in [5, 5.41) is 1.92. The van der Waals surface area contributed by atoms with Gasteiger partial charge in [-0.05, 0) is 19.1 Å². The number of hydrazine groups is 1. The zero-order valence-corrected chi connectivity index (χ0v) is 5.78. The Hall–Kier alpha value is -1.09. The lowest BCUT2D eigenvalue weighted by Crippen LogP contribution is -2.34. The van der Waals surface area contributed by atoms with Crippen LogP contribution in [-0.2, 0) is 0 Å². The Balaban J connectivity index is 2.29. The highest BCUT2D eigenvalue weighted by Gasteiger charge is 2.16. The second-order valence-electron chi connectivity index (χ2n) is 2.46. The first-order valence-corrected chi connectivity index (χ1v) is 3.33. The van der Waals surface area contributed by atoms with Crippen molar-refractivity contribution in [3.8, 4) is 0 Å². The molecule has 10 heavy (non-hydrogen) atoms. The van der Waals surface area contributed by atoms with E-state index in [-0.39, 0.29) is 0 Å². The van der Waals surface area contributed by atoms with Crippen LogP contribution in [0.1, 0.15) is 6.92 Å². The van der Waals surface area contributed by atoms with E-state index in [9.17, 15) is 0 Å². The molecule has 0 radical (unpaired) electrons. The van der Waals surface area contributed by atoms with Crippen molar-refractivity contribution in [2.75, 3.05) is 0 Å². The Labute approximate surface area is 59.7 Å². The smallest absolute Gasteiger partial charge is 0.110 e. The van der Waals surface area contributed by atoms with Crippen LogP contribution in [-0.4, -0.2) is 17.4 Å². The fraction of sp³-hybridized carbons (Fsp3) is 0.286. The second-order valence-corrected chi connectivity index (χ2v) is 2.46. The highest BCUT2D eigenvalue weighted by Crippen LogP contribution is 2.13. The predicted octanol–water partition coefficient (Wildman–Crippen LogP) is 0.635. The van der Waals surface area contributed by atoms with Crippen LogP contribution in [0.25, 0.3) is 0 Å². The summed E-state index contributed by atoms with van der Waals surface area (Å²) in [6, 6.07) is 0.421. The molecule has 0 spiro atoms. The molecule has 0 bridgehead atoms. The van der Waals surface area contributed by atoms with Crippen LogP contribution >= 0.6 is 0 Å². The third kappa shape index (κ3) is 0.752. The van der Waals surface area contributed by atoms with E-state index in [4.69, 9.17) is 0 Å². The molecule has 1 unspecified atom stereocenters. The minimum Gasteiger partial charge on any atom is -0.266 e. The van der Waals surface area contributed by atoms with Gasteiger partial charge in [-0.1, -0.05) is 0 Å². The Morgan fingerprint density at radius 1 is 1.70 bits per heavy atom. The van der Waals surface area contributed by atoms with Crippen molar-refractivity contribution in [2.45, 2.75) is 13.0 Å². The van der Waals surface area contributed by atoms with Crippen molar-refractivity contribution in [2.24, 2.45) is 4.99 Å². The molecular formula is C7H9N3. The van der Waals surface area contributed by atoms with Crippen molar-refractivity contribution in [1.82, 2.24) is 10.4 Å². The Kier molecular flexibility index (Phi) is 1.11. The lowest BCUT2D eigenvalue weighted by Gasteiger charge is -2.16. The number of rotatable bonds is 0. The molecule has 2 rings (SSSR count). The maximum atomic E-state index is 3.97. The van der Waals surface area contributed by atoms with Crippen molar-refractivity contribution < 1.29 is 0 Å². The number of hydrogen-bond donors (Lipinski definition) is 1. The van der Waals surface area contributed by atoms with Crippen molar-refractivity contribution in [1.29, 1.82) is 0 Å². The summed E-state index contributed by atoms with van der Waals surface area (Å²) in [5.74, 6) is 0. The van der Waals surface area contributed by atoms with Crippen LogP contribution in [0.3, 0.4) is 0 Å². The van der Waals surface area contributed by atoms with Gasteiger partial charge in [0, 0.05) is 12.2 Å². The molecule has 2 heterocycles. The molecule has 52 valence electrons. The summed E-state index contributed by atoms with van der Waals surface area (Å²) in [4.78, 5) is 3.97. The van der Waals surface area contributed by atoms with Gasteiger partial charge in [0.05, 0.1) is 5.70 Å². The van der Waals surface area contributed by atoms with Crippen LogP contribution < -0.4 is 5.43 Å². The first-order chi connectivity index (χ1) is 4.86. The highest BCUT2D eigenvalue weighted by atomic mass is 15.5. The number of allylic oxidation sites excluding steroid dienone is 1. The lowest BCUT2D eigenvalue weighted by atomic mass is 10.3. The van der Waals surface area contributed by atoms with Gasteiger partial charge < -0.3 is 0 Å². The summed E-state index contributed by atoms with van der Waals surface area (Å²) in [7, 11) is 0. The predicted molar refractivity (Wildman–Crippen MR) is 40.2 cm³/mol. The van der Waals surface area contributed by atoms with E-state index in [2.05, 4.69) is 23.4 Å². The van der Waals surface area contributed by atoms with Gasteiger partial charge in [-0.15, -0.1) is 0 Å². The van der Waals surface area contributed by atoms with Crippen LogP contribution in [0.15, 0.2) is 29.0 Å². The molecule has 0 aliphatic carbocycles. The molecule has 3 heteroatoms. The first-order valence-electron chi connectivity index (χ1n) is 3.33. The largest absolute Gasteiger partial charge is 0.266 e. The summed E-state index contributed by atoms with van der Waals surface area (Å²) in [6.07, 6.45) is 7.70. The van der Waals surface area contributed by atoms with E-state index >= 15 is 0 Å². The quantitative estimate of drug-likeness (QED) is 0.527. The number of hydrogen-bond acceptors (Lipinski definition) is 3. The third-order valence-corrected chi connectivity index (χ3v) is 1.56. The molecule has 1 atom stereocenters. The van der Waals surface area contributed by atoms with Crippen LogP contribution in [0, 0.1) is 0 Å². The third-order valence-electron chi connectivity index (χ3n) is 1.56. The standard InChI is InChI=1S/C7H9N3/c1-6-4-7-2-3-8-5-10(7)9-6/h2-6,9H,1H3. The van der Waals surface area contributed by atoms with Gasteiger partial charge in [-0.3, -0.25) is 5.01 Å². The first kappa shape index (κ1) is 5.68. The number of aliphatic imine (C=N–C) groups is 1. The van der Waals surface area contributed by atoms with E-state index in [1.807, 2.05) is 11.1 Å². The summed E-state index contributed by atoms with van der Waals surface area (Å²) in [5.41, 5.74) is 4.38. The van der Waals surface area contributed by atoms with Gasteiger partial charge >= 0.3 is 0 Å². The average Bonchev–Trinajstić information content (AvgIpc) is 2.27. The van der Waals surface area contributed by atoms with E-state index in [0.29, 0.717) is 6.04 Å². The topological polar surface area (TPSA) is 27.6 Å². The molecule has 0 saturated carbocycles. The summed E-state index contributed by atoms with van der Waals surface area (Å²) in [6.45, 7) is 2.10. The lowest BCUT2D eigenvalue weighted by molar-refractivity contribution is 0.408. The minimum atomic E-state index is 0.421. The van der Waals surface area contributed by atoms with E-state index in [0.717, 1.165) is 0 Å². The Bertz CT molecular complexity index is 227. The Morgan fingerprint density at radius 3 is 3.40 bits per heavy atom. The zero-order valence-electron chi connectivity index (χ0n) is 5.78. The maximum Gasteiger partial charge on any atom is 0.110 e. The number of fused-ring (bicyclic) bond motifs is 1. The molecule has 0 amide bonds. The molecule has 0 fully saturated rings. The van der Waals surface area contributed by atoms with Crippen LogP contribution in [0.4, 0.5) is 0 Å². The molecule has 0 aromatic heterocycles. The van der Waals surface area contributed by atoms with Crippen molar-refractivity contribution in [3.05, 3.63) is 24.0 Å².